The van der Waals surface area contributed by atoms with Crippen LogP contribution in [-0.4, -0.2) is 24.1 Å². The van der Waals surface area contributed by atoms with Crippen molar-refractivity contribution in [3.63, 3.8) is 0 Å². The Kier molecular flexibility index (Phi) is 4.90. The molecule has 134 valence electrons. The fraction of sp³-hybridized carbons (Fsp3) is 0.200. The minimum absolute atomic E-state index is 0.669. The third-order valence-electron chi connectivity index (χ3n) is 4.33. The van der Waals surface area contributed by atoms with Gasteiger partial charge in [-0.15, -0.1) is 10.2 Å². The van der Waals surface area contributed by atoms with Crippen LogP contribution in [0.15, 0.2) is 60.3 Å². The molecule has 4 aromatic heterocycles. The van der Waals surface area contributed by atoms with E-state index in [-0.39, 0.29) is 0 Å². The molecule has 0 aliphatic rings. The van der Waals surface area contributed by atoms with E-state index in [1.165, 1.54) is 0 Å². The topological polar surface area (TPSA) is 71.8 Å². The first-order valence-corrected chi connectivity index (χ1v) is 9.75. The smallest absolute Gasteiger partial charge is 0.191 e. The highest BCUT2D eigenvalue weighted by Crippen LogP contribution is 2.29. The summed E-state index contributed by atoms with van der Waals surface area (Å²) in [5.74, 6) is 1.52. The van der Waals surface area contributed by atoms with Crippen LogP contribution in [0.25, 0.3) is 16.9 Å². The number of nitrogens with zero attached hydrogens (tertiary/aromatic N) is 6. The average molecular weight is 374 g/mol. The molecule has 7 heteroatoms. The van der Waals surface area contributed by atoms with E-state index in [9.17, 15) is 5.26 Å². The van der Waals surface area contributed by atoms with Gasteiger partial charge in [0.05, 0.1) is 11.1 Å². The van der Waals surface area contributed by atoms with Gasteiger partial charge in [-0.2, -0.15) is 5.26 Å². The van der Waals surface area contributed by atoms with Gasteiger partial charge in [0.1, 0.15) is 6.07 Å². The number of nitriles is 1. The molecule has 0 spiro atoms. The number of thioether (sulfide) groups is 1. The Morgan fingerprint density at radius 1 is 1.15 bits per heavy atom. The molecule has 0 fully saturated rings. The van der Waals surface area contributed by atoms with Gasteiger partial charge >= 0.3 is 0 Å². The number of aromatic nitrogens is 5. The van der Waals surface area contributed by atoms with E-state index in [4.69, 9.17) is 0 Å². The van der Waals surface area contributed by atoms with Gasteiger partial charge in [0.25, 0.3) is 0 Å². The highest BCUT2D eigenvalue weighted by molar-refractivity contribution is 7.98. The highest BCUT2D eigenvalue weighted by Gasteiger charge is 2.16. The van der Waals surface area contributed by atoms with E-state index in [2.05, 4.69) is 32.7 Å². The summed E-state index contributed by atoms with van der Waals surface area (Å²) in [5.41, 5.74) is 3.66. The summed E-state index contributed by atoms with van der Waals surface area (Å²) in [4.78, 5) is 4.07. The van der Waals surface area contributed by atoms with Crippen molar-refractivity contribution in [2.75, 3.05) is 0 Å². The summed E-state index contributed by atoms with van der Waals surface area (Å²) < 4.78 is 4.13. The van der Waals surface area contributed by atoms with Crippen molar-refractivity contribution in [1.82, 2.24) is 24.1 Å². The number of pyridine rings is 2. The van der Waals surface area contributed by atoms with Gasteiger partial charge in [-0.1, -0.05) is 24.8 Å². The molecule has 27 heavy (non-hydrogen) atoms. The summed E-state index contributed by atoms with van der Waals surface area (Å²) in [6.07, 6.45) is 8.50. The lowest BCUT2D eigenvalue weighted by Gasteiger charge is -2.08. The van der Waals surface area contributed by atoms with E-state index >= 15 is 0 Å². The van der Waals surface area contributed by atoms with Crippen LogP contribution < -0.4 is 0 Å². The Labute approximate surface area is 161 Å². The number of fused-ring (bicyclic) bond motifs is 1. The van der Waals surface area contributed by atoms with E-state index in [0.29, 0.717) is 5.75 Å². The third kappa shape index (κ3) is 3.32. The summed E-state index contributed by atoms with van der Waals surface area (Å²) >= 11 is 1.61. The number of hydrogen-bond donors (Lipinski definition) is 0. The second kappa shape index (κ2) is 7.64. The molecule has 0 amide bonds. The van der Waals surface area contributed by atoms with Crippen molar-refractivity contribution in [2.24, 2.45) is 0 Å². The van der Waals surface area contributed by atoms with Gasteiger partial charge in [0, 0.05) is 42.6 Å². The Hall–Kier alpha value is -3.11. The van der Waals surface area contributed by atoms with Crippen LogP contribution in [0.2, 0.25) is 0 Å². The van der Waals surface area contributed by atoms with Crippen LogP contribution in [0.1, 0.15) is 24.5 Å². The third-order valence-corrected chi connectivity index (χ3v) is 5.35. The van der Waals surface area contributed by atoms with Gasteiger partial charge in [0.15, 0.2) is 11.0 Å². The first-order chi connectivity index (χ1) is 13.3. The molecule has 0 aliphatic carbocycles. The lowest BCUT2D eigenvalue weighted by molar-refractivity contribution is 0.626. The molecule has 4 aromatic rings. The number of hydrogen-bond acceptors (Lipinski definition) is 5. The van der Waals surface area contributed by atoms with Gasteiger partial charge < -0.3 is 8.97 Å². The molecule has 4 heterocycles. The zero-order valence-electron chi connectivity index (χ0n) is 14.9. The second-order valence-corrected chi connectivity index (χ2v) is 7.06. The van der Waals surface area contributed by atoms with E-state index < -0.39 is 0 Å². The first-order valence-electron chi connectivity index (χ1n) is 8.77. The fourth-order valence-electron chi connectivity index (χ4n) is 3.09. The maximum Gasteiger partial charge on any atom is 0.191 e. The van der Waals surface area contributed by atoms with E-state index in [0.717, 1.165) is 46.2 Å². The minimum Gasteiger partial charge on any atom is -0.322 e. The molecule has 6 nitrogen and oxygen atoms in total. The van der Waals surface area contributed by atoms with Crippen molar-refractivity contribution >= 4 is 17.3 Å². The lowest BCUT2D eigenvalue weighted by Crippen LogP contribution is -2.02. The molecule has 0 bridgehead atoms. The highest BCUT2D eigenvalue weighted by atomic mass is 32.2. The largest absolute Gasteiger partial charge is 0.322 e. The molecule has 0 atom stereocenters. The molecular formula is C20H18N6S. The van der Waals surface area contributed by atoms with Gasteiger partial charge in [-0.25, -0.2) is 0 Å². The monoisotopic (exact) mass is 374 g/mol. The quantitative estimate of drug-likeness (QED) is 0.474. The molecule has 0 radical (unpaired) electrons. The average Bonchev–Trinajstić information content (AvgIpc) is 3.28. The van der Waals surface area contributed by atoms with Crippen LogP contribution in [0.4, 0.5) is 0 Å². The Morgan fingerprint density at radius 2 is 2.00 bits per heavy atom. The molecule has 0 aliphatic heterocycles. The first kappa shape index (κ1) is 17.3. The van der Waals surface area contributed by atoms with Crippen LogP contribution in [0.3, 0.4) is 0 Å². The fourth-order valence-corrected chi connectivity index (χ4v) is 4.03. The molecule has 0 unspecified atom stereocenters. The zero-order valence-corrected chi connectivity index (χ0v) is 15.7. The molecular weight excluding hydrogens is 356 g/mol. The predicted molar refractivity (Wildman–Crippen MR) is 105 cm³/mol. The second-order valence-electron chi connectivity index (χ2n) is 6.12. The molecule has 0 saturated carbocycles. The minimum atomic E-state index is 0.669. The number of rotatable bonds is 6. The van der Waals surface area contributed by atoms with Crippen LogP contribution in [0.5, 0.6) is 0 Å². The molecule has 0 N–H and O–H groups in total. The van der Waals surface area contributed by atoms with Crippen molar-refractivity contribution < 1.29 is 0 Å². The summed E-state index contributed by atoms with van der Waals surface area (Å²) in [7, 11) is 0. The van der Waals surface area contributed by atoms with Gasteiger partial charge in [0.2, 0.25) is 0 Å². The molecule has 4 rings (SSSR count). The maximum absolute atomic E-state index is 9.58. The van der Waals surface area contributed by atoms with Crippen LogP contribution >= 0.6 is 11.8 Å². The zero-order chi connectivity index (χ0) is 18.6. The van der Waals surface area contributed by atoms with E-state index in [1.807, 2.05) is 47.1 Å². The molecule has 0 saturated heterocycles. The van der Waals surface area contributed by atoms with Crippen molar-refractivity contribution in [2.45, 2.75) is 30.8 Å². The van der Waals surface area contributed by atoms with Gasteiger partial charge in [-0.05, 0) is 36.2 Å². The van der Waals surface area contributed by atoms with Crippen molar-refractivity contribution in [3.05, 3.63) is 66.2 Å². The van der Waals surface area contributed by atoms with E-state index in [1.54, 1.807) is 24.2 Å². The maximum atomic E-state index is 9.58. The Balaban J connectivity index is 1.64. The van der Waals surface area contributed by atoms with Crippen molar-refractivity contribution in [1.29, 1.82) is 5.26 Å². The summed E-state index contributed by atoms with van der Waals surface area (Å²) in [6, 6.07) is 12.1. The van der Waals surface area contributed by atoms with Crippen LogP contribution in [0, 0.1) is 11.3 Å². The summed E-state index contributed by atoms with van der Waals surface area (Å²) in [5, 5.41) is 19.2. The lowest BCUT2D eigenvalue weighted by atomic mass is 10.2. The van der Waals surface area contributed by atoms with Crippen LogP contribution in [-0.2, 0) is 12.3 Å². The van der Waals surface area contributed by atoms with Gasteiger partial charge in [-0.3, -0.25) is 4.98 Å². The Bertz CT molecular complexity index is 1110. The molecule has 0 aromatic carbocycles. The Morgan fingerprint density at radius 3 is 2.78 bits per heavy atom. The predicted octanol–water partition coefficient (Wildman–Crippen LogP) is 4.17. The normalized spacial score (nSPS) is 11.0. The van der Waals surface area contributed by atoms with Crippen molar-refractivity contribution in [3.8, 4) is 17.5 Å². The SMILES string of the molecule is CCCn1c(SCc2cn3ccccc3c2C#N)nnc1-c1ccncc1. The summed E-state index contributed by atoms with van der Waals surface area (Å²) in [6.45, 7) is 2.98. The standard InChI is InChI=1S/C20H18N6S/c1-2-10-26-19(15-6-8-22-9-7-15)23-24-20(26)27-14-16-13-25-11-4-3-5-18(25)17(16)12-21/h3-9,11,13H,2,10,14H2,1H3.